The Balaban J connectivity index is 2.50. The van der Waals surface area contributed by atoms with Gasteiger partial charge in [0.25, 0.3) is 5.91 Å². The number of aliphatic hydroxyl groups is 1. The second-order valence-corrected chi connectivity index (χ2v) is 3.15. The fourth-order valence-corrected chi connectivity index (χ4v) is 1.20. The van der Waals surface area contributed by atoms with E-state index in [4.69, 9.17) is 5.11 Å². The molecular weight excluding hydrogens is 176 g/mol. The highest BCUT2D eigenvalue weighted by atomic mass is 32.1. The molecule has 0 fully saturated rings. The molecule has 5 heteroatoms. The molecule has 0 saturated carbocycles. The molecule has 0 aliphatic heterocycles. The van der Waals surface area contributed by atoms with Crippen LogP contribution in [-0.2, 0) is 0 Å². The van der Waals surface area contributed by atoms with Crippen LogP contribution >= 0.6 is 11.3 Å². The third kappa shape index (κ3) is 2.28. The number of nitrogens with zero attached hydrogens (tertiary/aromatic N) is 1. The van der Waals surface area contributed by atoms with Crippen LogP contribution in [0.25, 0.3) is 0 Å². The third-order valence-electron chi connectivity index (χ3n) is 1.32. The summed E-state index contributed by atoms with van der Waals surface area (Å²) in [4.78, 5) is 15.0. The molecule has 12 heavy (non-hydrogen) atoms. The van der Waals surface area contributed by atoms with Gasteiger partial charge >= 0.3 is 0 Å². The highest BCUT2D eigenvalue weighted by molar-refractivity contribution is 7.07. The molecule has 1 rings (SSSR count). The second-order valence-electron chi connectivity index (χ2n) is 2.43. The first-order valence-corrected chi connectivity index (χ1v) is 4.48. The Morgan fingerprint density at radius 2 is 2.67 bits per heavy atom. The molecule has 0 spiro atoms. The van der Waals surface area contributed by atoms with E-state index in [1.54, 1.807) is 17.8 Å². The molecule has 4 nitrogen and oxygen atoms in total. The topological polar surface area (TPSA) is 62.2 Å². The van der Waals surface area contributed by atoms with Crippen LogP contribution in [0, 0.1) is 0 Å². The van der Waals surface area contributed by atoms with Crippen molar-refractivity contribution in [3.05, 3.63) is 16.6 Å². The lowest BCUT2D eigenvalue weighted by Gasteiger charge is -2.08. The molecule has 1 aromatic rings. The van der Waals surface area contributed by atoms with Crippen molar-refractivity contribution in [3.8, 4) is 0 Å². The standard InChI is InChI=1S/C7H10N2O2S/c1-5(2-10)9-7(11)6-3-12-4-8-6/h3-5,10H,2H2,1H3,(H,9,11). The van der Waals surface area contributed by atoms with E-state index in [-0.39, 0.29) is 18.6 Å². The van der Waals surface area contributed by atoms with Crippen molar-refractivity contribution in [2.24, 2.45) is 0 Å². The summed E-state index contributed by atoms with van der Waals surface area (Å²) >= 11 is 1.37. The fraction of sp³-hybridized carbons (Fsp3) is 0.429. The molecule has 0 radical (unpaired) electrons. The van der Waals surface area contributed by atoms with Crippen molar-refractivity contribution in [2.75, 3.05) is 6.61 Å². The largest absolute Gasteiger partial charge is 0.394 e. The molecule has 0 saturated heterocycles. The van der Waals surface area contributed by atoms with Crippen LogP contribution in [-0.4, -0.2) is 28.6 Å². The first-order valence-electron chi connectivity index (χ1n) is 3.54. The smallest absolute Gasteiger partial charge is 0.271 e. The summed E-state index contributed by atoms with van der Waals surface area (Å²) in [5, 5.41) is 12.9. The summed E-state index contributed by atoms with van der Waals surface area (Å²) < 4.78 is 0. The fourth-order valence-electron chi connectivity index (χ4n) is 0.668. The Bertz CT molecular complexity index is 248. The van der Waals surface area contributed by atoms with Gasteiger partial charge in [-0.05, 0) is 6.92 Å². The summed E-state index contributed by atoms with van der Waals surface area (Å²) in [5.41, 5.74) is 2.00. The summed E-state index contributed by atoms with van der Waals surface area (Å²) in [7, 11) is 0. The van der Waals surface area contributed by atoms with Crippen molar-refractivity contribution in [1.29, 1.82) is 0 Å². The average Bonchev–Trinajstić information content (AvgIpc) is 2.56. The highest BCUT2D eigenvalue weighted by Crippen LogP contribution is 2.00. The monoisotopic (exact) mass is 186 g/mol. The zero-order chi connectivity index (χ0) is 8.97. The van der Waals surface area contributed by atoms with Crippen LogP contribution in [0.5, 0.6) is 0 Å². The first-order chi connectivity index (χ1) is 5.74. The van der Waals surface area contributed by atoms with Gasteiger partial charge in [-0.2, -0.15) is 0 Å². The Hall–Kier alpha value is -0.940. The van der Waals surface area contributed by atoms with E-state index in [0.29, 0.717) is 5.69 Å². The number of nitrogens with one attached hydrogen (secondary N) is 1. The van der Waals surface area contributed by atoms with Gasteiger partial charge in [0.05, 0.1) is 12.1 Å². The van der Waals surface area contributed by atoms with Crippen LogP contribution in [0.3, 0.4) is 0 Å². The number of carbonyl (C=O) groups is 1. The third-order valence-corrected chi connectivity index (χ3v) is 1.90. The van der Waals surface area contributed by atoms with Gasteiger partial charge in [-0.1, -0.05) is 0 Å². The van der Waals surface area contributed by atoms with Gasteiger partial charge < -0.3 is 10.4 Å². The van der Waals surface area contributed by atoms with Gasteiger partial charge in [0.2, 0.25) is 0 Å². The van der Waals surface area contributed by atoms with Gasteiger partial charge in [0.1, 0.15) is 5.69 Å². The van der Waals surface area contributed by atoms with E-state index in [1.165, 1.54) is 11.3 Å². The Kier molecular flexibility index (Phi) is 3.19. The van der Waals surface area contributed by atoms with Gasteiger partial charge in [-0.15, -0.1) is 11.3 Å². The van der Waals surface area contributed by atoms with Gasteiger partial charge in [-0.3, -0.25) is 4.79 Å². The minimum absolute atomic E-state index is 0.0596. The highest BCUT2D eigenvalue weighted by Gasteiger charge is 2.09. The summed E-state index contributed by atoms with van der Waals surface area (Å²) in [6, 6.07) is -0.223. The maximum absolute atomic E-state index is 11.2. The number of hydrogen-bond acceptors (Lipinski definition) is 4. The molecule has 0 bridgehead atoms. The number of aromatic nitrogens is 1. The number of thiazole rings is 1. The zero-order valence-electron chi connectivity index (χ0n) is 6.65. The van der Waals surface area contributed by atoms with Gasteiger partial charge in [-0.25, -0.2) is 4.98 Å². The van der Waals surface area contributed by atoms with Crippen molar-refractivity contribution in [3.63, 3.8) is 0 Å². The van der Waals surface area contributed by atoms with E-state index in [2.05, 4.69) is 10.3 Å². The molecule has 1 amide bonds. The molecule has 66 valence electrons. The number of carbonyl (C=O) groups excluding carboxylic acids is 1. The van der Waals surface area contributed by atoms with Crippen molar-refractivity contribution >= 4 is 17.2 Å². The van der Waals surface area contributed by atoms with Crippen LogP contribution in [0.1, 0.15) is 17.4 Å². The van der Waals surface area contributed by atoms with E-state index in [0.717, 1.165) is 0 Å². The summed E-state index contributed by atoms with van der Waals surface area (Å²) in [6.45, 7) is 1.67. The zero-order valence-corrected chi connectivity index (χ0v) is 7.47. The SMILES string of the molecule is CC(CO)NC(=O)c1cscn1. The number of amides is 1. The molecular formula is C7H10N2O2S. The van der Waals surface area contributed by atoms with Crippen LogP contribution in [0.2, 0.25) is 0 Å². The second kappa shape index (κ2) is 4.18. The predicted molar refractivity (Wildman–Crippen MR) is 46.1 cm³/mol. The Labute approximate surface area is 74.3 Å². The van der Waals surface area contributed by atoms with E-state index in [1.807, 2.05) is 0 Å². The van der Waals surface area contributed by atoms with Crippen molar-refractivity contribution < 1.29 is 9.90 Å². The summed E-state index contributed by atoms with van der Waals surface area (Å²) in [5.74, 6) is -0.238. The Morgan fingerprint density at radius 3 is 3.17 bits per heavy atom. The first kappa shape index (κ1) is 9.15. The van der Waals surface area contributed by atoms with E-state index in [9.17, 15) is 4.79 Å². The maximum Gasteiger partial charge on any atom is 0.271 e. The average molecular weight is 186 g/mol. The quantitative estimate of drug-likeness (QED) is 0.711. The van der Waals surface area contributed by atoms with E-state index >= 15 is 0 Å². The molecule has 0 aromatic carbocycles. The molecule has 0 aliphatic rings. The minimum atomic E-state index is -0.238. The lowest BCUT2D eigenvalue weighted by atomic mass is 10.3. The van der Waals surface area contributed by atoms with Gasteiger partial charge in [0.15, 0.2) is 0 Å². The van der Waals surface area contributed by atoms with Crippen LogP contribution < -0.4 is 5.32 Å². The predicted octanol–water partition coefficient (Wildman–Crippen LogP) is 0.254. The molecule has 1 aromatic heterocycles. The number of rotatable bonds is 3. The van der Waals surface area contributed by atoms with Crippen LogP contribution in [0.4, 0.5) is 0 Å². The number of hydrogen-bond donors (Lipinski definition) is 2. The molecule has 2 N–H and O–H groups in total. The van der Waals surface area contributed by atoms with Crippen molar-refractivity contribution in [1.82, 2.24) is 10.3 Å². The van der Waals surface area contributed by atoms with Crippen LogP contribution in [0.15, 0.2) is 10.9 Å². The molecule has 1 heterocycles. The summed E-state index contributed by atoms with van der Waals surface area (Å²) in [6.07, 6.45) is 0. The normalized spacial score (nSPS) is 12.5. The molecule has 1 atom stereocenters. The molecule has 0 aliphatic carbocycles. The lowest BCUT2D eigenvalue weighted by Crippen LogP contribution is -2.35. The number of aliphatic hydroxyl groups excluding tert-OH is 1. The van der Waals surface area contributed by atoms with Gasteiger partial charge in [0, 0.05) is 11.4 Å². The Morgan fingerprint density at radius 1 is 1.92 bits per heavy atom. The maximum atomic E-state index is 11.2. The lowest BCUT2D eigenvalue weighted by molar-refractivity contribution is 0.0918. The van der Waals surface area contributed by atoms with E-state index < -0.39 is 0 Å². The van der Waals surface area contributed by atoms with Crippen molar-refractivity contribution in [2.45, 2.75) is 13.0 Å². The minimum Gasteiger partial charge on any atom is -0.394 e. The molecule has 1 unspecified atom stereocenters.